The summed E-state index contributed by atoms with van der Waals surface area (Å²) in [6, 6.07) is 18.9. The lowest BCUT2D eigenvalue weighted by molar-refractivity contribution is 0.462. The van der Waals surface area contributed by atoms with Crippen LogP contribution in [-0.4, -0.2) is 0 Å². The van der Waals surface area contributed by atoms with Crippen molar-refractivity contribution in [3.05, 3.63) is 71.0 Å². The summed E-state index contributed by atoms with van der Waals surface area (Å²) in [6.45, 7) is 3.61. The Bertz CT molecular complexity index is 669. The maximum Gasteiger partial charge on any atom is 0.117 e. The number of rotatable bonds is 5. The highest BCUT2D eigenvalue weighted by Gasteiger charge is 2.03. The summed E-state index contributed by atoms with van der Waals surface area (Å²) in [6.07, 6.45) is 0. The van der Waals surface area contributed by atoms with Gasteiger partial charge in [0.15, 0.2) is 0 Å². The summed E-state index contributed by atoms with van der Waals surface area (Å²) in [5.74, 6) is 1.95. The van der Waals surface area contributed by atoms with Gasteiger partial charge in [-0.25, -0.2) is 0 Å². The van der Waals surface area contributed by atoms with Crippen LogP contribution in [0.2, 0.25) is 0 Å². The van der Waals surface area contributed by atoms with Crippen LogP contribution in [0.4, 0.5) is 0 Å². The first kappa shape index (κ1) is 13.2. The molecule has 2 nitrogen and oxygen atoms in total. The van der Waals surface area contributed by atoms with Gasteiger partial charge in [0.05, 0.1) is 6.54 Å². The lowest BCUT2D eigenvalue weighted by Gasteiger charge is -2.00. The van der Waals surface area contributed by atoms with Crippen LogP contribution in [0.25, 0.3) is 10.4 Å². The minimum Gasteiger partial charge on any atom is -0.465 e. The fourth-order valence-corrected chi connectivity index (χ4v) is 3.10. The van der Waals surface area contributed by atoms with Crippen molar-refractivity contribution < 1.29 is 4.42 Å². The van der Waals surface area contributed by atoms with Crippen LogP contribution >= 0.6 is 11.3 Å². The topological polar surface area (TPSA) is 25.2 Å². The van der Waals surface area contributed by atoms with E-state index < -0.39 is 0 Å². The van der Waals surface area contributed by atoms with E-state index in [0.717, 1.165) is 24.6 Å². The molecule has 3 rings (SSSR count). The van der Waals surface area contributed by atoms with E-state index in [1.54, 1.807) is 0 Å². The van der Waals surface area contributed by atoms with E-state index in [2.05, 4.69) is 41.7 Å². The molecular formula is C17H17NOS. The zero-order valence-electron chi connectivity index (χ0n) is 11.4. The lowest BCUT2D eigenvalue weighted by Crippen LogP contribution is -2.10. The van der Waals surface area contributed by atoms with Gasteiger partial charge in [-0.1, -0.05) is 30.3 Å². The maximum absolute atomic E-state index is 5.54. The van der Waals surface area contributed by atoms with Crippen molar-refractivity contribution in [2.75, 3.05) is 0 Å². The largest absolute Gasteiger partial charge is 0.465 e. The van der Waals surface area contributed by atoms with Gasteiger partial charge >= 0.3 is 0 Å². The van der Waals surface area contributed by atoms with Crippen molar-refractivity contribution in [3.63, 3.8) is 0 Å². The highest BCUT2D eigenvalue weighted by Crippen LogP contribution is 2.27. The molecule has 3 aromatic rings. The van der Waals surface area contributed by atoms with Crippen molar-refractivity contribution in [3.8, 4) is 10.4 Å². The van der Waals surface area contributed by atoms with Crippen LogP contribution in [0.15, 0.2) is 59.0 Å². The average molecular weight is 283 g/mol. The second kappa shape index (κ2) is 6.07. The minimum absolute atomic E-state index is 0.770. The number of aryl methyl sites for hydroxylation is 1. The lowest BCUT2D eigenvalue weighted by atomic mass is 10.2. The number of hydrogen-bond donors (Lipinski definition) is 1. The molecule has 0 aliphatic carbocycles. The van der Waals surface area contributed by atoms with Gasteiger partial charge in [-0.05, 0) is 36.8 Å². The molecule has 1 N–H and O–H groups in total. The third-order valence-electron chi connectivity index (χ3n) is 3.11. The third kappa shape index (κ3) is 3.18. The molecule has 0 spiro atoms. The van der Waals surface area contributed by atoms with Gasteiger partial charge in [-0.3, -0.25) is 0 Å². The van der Waals surface area contributed by atoms with Crippen LogP contribution in [0, 0.1) is 6.92 Å². The van der Waals surface area contributed by atoms with Crippen LogP contribution < -0.4 is 5.32 Å². The molecule has 3 heteroatoms. The summed E-state index contributed by atoms with van der Waals surface area (Å²) >= 11 is 1.83. The Hall–Kier alpha value is -1.84. The van der Waals surface area contributed by atoms with Crippen molar-refractivity contribution in [1.82, 2.24) is 5.32 Å². The second-order valence-corrected chi connectivity index (χ2v) is 5.92. The van der Waals surface area contributed by atoms with Crippen molar-refractivity contribution in [2.24, 2.45) is 0 Å². The molecule has 2 aromatic heterocycles. The summed E-state index contributed by atoms with van der Waals surface area (Å²) in [5.41, 5.74) is 1.28. The van der Waals surface area contributed by atoms with Crippen molar-refractivity contribution in [1.29, 1.82) is 0 Å². The van der Waals surface area contributed by atoms with E-state index in [-0.39, 0.29) is 0 Å². The molecule has 0 radical (unpaired) electrons. The Morgan fingerprint density at radius 3 is 2.55 bits per heavy atom. The SMILES string of the molecule is Cc1ccc(CNCc2ccc(-c3ccccc3)s2)o1. The molecule has 0 saturated carbocycles. The second-order valence-electron chi connectivity index (χ2n) is 4.75. The van der Waals surface area contributed by atoms with Crippen LogP contribution in [0.3, 0.4) is 0 Å². The van der Waals surface area contributed by atoms with E-state index >= 15 is 0 Å². The van der Waals surface area contributed by atoms with Gasteiger partial charge in [0.25, 0.3) is 0 Å². The Kier molecular flexibility index (Phi) is 4.00. The molecule has 102 valence electrons. The first-order chi connectivity index (χ1) is 9.81. The molecule has 20 heavy (non-hydrogen) atoms. The quantitative estimate of drug-likeness (QED) is 0.740. The Balaban J connectivity index is 1.58. The monoisotopic (exact) mass is 283 g/mol. The van der Waals surface area contributed by atoms with Gasteiger partial charge in [0, 0.05) is 16.3 Å². The average Bonchev–Trinajstić information content (AvgIpc) is 3.09. The first-order valence-corrected chi connectivity index (χ1v) is 7.53. The number of thiophene rings is 1. The predicted molar refractivity (Wildman–Crippen MR) is 83.7 cm³/mol. The molecule has 0 bridgehead atoms. The molecule has 0 atom stereocenters. The maximum atomic E-state index is 5.54. The van der Waals surface area contributed by atoms with Gasteiger partial charge in [-0.15, -0.1) is 11.3 Å². The van der Waals surface area contributed by atoms with Crippen LogP contribution in [0.1, 0.15) is 16.4 Å². The predicted octanol–water partition coefficient (Wildman–Crippen LogP) is 4.61. The van der Waals surface area contributed by atoms with Gasteiger partial charge in [0.1, 0.15) is 11.5 Å². The Morgan fingerprint density at radius 1 is 0.950 bits per heavy atom. The van der Waals surface area contributed by atoms with E-state index in [1.807, 2.05) is 36.5 Å². The first-order valence-electron chi connectivity index (χ1n) is 6.71. The molecule has 0 saturated heterocycles. The highest BCUT2D eigenvalue weighted by atomic mass is 32.1. The van der Waals surface area contributed by atoms with E-state index in [1.165, 1.54) is 15.3 Å². The molecule has 1 aromatic carbocycles. The molecule has 0 fully saturated rings. The van der Waals surface area contributed by atoms with E-state index in [0.29, 0.717) is 0 Å². The summed E-state index contributed by atoms with van der Waals surface area (Å²) in [5, 5.41) is 3.41. The van der Waals surface area contributed by atoms with Crippen LogP contribution in [-0.2, 0) is 13.1 Å². The standard InChI is InChI=1S/C17H17NOS/c1-13-7-8-15(19-13)11-18-12-16-9-10-17(20-16)14-5-3-2-4-6-14/h2-10,18H,11-12H2,1H3. The Morgan fingerprint density at radius 2 is 1.80 bits per heavy atom. The van der Waals surface area contributed by atoms with Gasteiger partial charge in [0.2, 0.25) is 0 Å². The molecule has 0 amide bonds. The highest BCUT2D eigenvalue weighted by molar-refractivity contribution is 7.15. The number of hydrogen-bond acceptors (Lipinski definition) is 3. The smallest absolute Gasteiger partial charge is 0.117 e. The molecule has 0 aliphatic heterocycles. The zero-order valence-corrected chi connectivity index (χ0v) is 12.2. The zero-order chi connectivity index (χ0) is 13.8. The van der Waals surface area contributed by atoms with Crippen LogP contribution in [0.5, 0.6) is 0 Å². The number of benzene rings is 1. The Labute approximate surface area is 123 Å². The van der Waals surface area contributed by atoms with Gasteiger partial charge < -0.3 is 9.73 Å². The molecule has 0 aliphatic rings. The number of nitrogens with one attached hydrogen (secondary N) is 1. The van der Waals surface area contributed by atoms with Crippen molar-refractivity contribution >= 4 is 11.3 Å². The van der Waals surface area contributed by atoms with Gasteiger partial charge in [-0.2, -0.15) is 0 Å². The van der Waals surface area contributed by atoms with E-state index in [4.69, 9.17) is 4.42 Å². The molecule has 2 heterocycles. The molecule has 0 unspecified atom stereocenters. The minimum atomic E-state index is 0.770. The van der Waals surface area contributed by atoms with E-state index in [9.17, 15) is 0 Å². The third-order valence-corrected chi connectivity index (χ3v) is 4.25. The fourth-order valence-electron chi connectivity index (χ4n) is 2.12. The summed E-state index contributed by atoms with van der Waals surface area (Å²) < 4.78 is 5.54. The fraction of sp³-hybridized carbons (Fsp3) is 0.176. The number of furan rings is 1. The normalized spacial score (nSPS) is 10.8. The summed E-state index contributed by atoms with van der Waals surface area (Å²) in [7, 11) is 0. The molecular weight excluding hydrogens is 266 g/mol. The van der Waals surface area contributed by atoms with Crippen molar-refractivity contribution in [2.45, 2.75) is 20.0 Å². The summed E-state index contributed by atoms with van der Waals surface area (Å²) in [4.78, 5) is 2.66.